The van der Waals surface area contributed by atoms with E-state index in [1.807, 2.05) is 57.2 Å². The number of carbonyl (C=O) groups excluding carboxylic acids is 1. The molecule has 5 nitrogen and oxygen atoms in total. The molecule has 0 saturated heterocycles. The Morgan fingerprint density at radius 2 is 1.57 bits per heavy atom. The smallest absolute Gasteiger partial charge is 0.264 e. The van der Waals surface area contributed by atoms with Gasteiger partial charge in [-0.2, -0.15) is 0 Å². The Hall–Kier alpha value is -3.12. The lowest BCUT2D eigenvalue weighted by Crippen LogP contribution is -2.41. The van der Waals surface area contributed by atoms with Crippen LogP contribution in [0.15, 0.2) is 83.8 Å². The van der Waals surface area contributed by atoms with Crippen molar-refractivity contribution in [1.29, 1.82) is 0 Å². The van der Waals surface area contributed by atoms with Crippen LogP contribution in [0.3, 0.4) is 0 Å². The molecule has 0 bridgehead atoms. The first-order valence-corrected chi connectivity index (χ1v) is 11.2. The van der Waals surface area contributed by atoms with Crippen molar-refractivity contribution in [1.82, 2.24) is 5.32 Å². The van der Waals surface area contributed by atoms with Crippen LogP contribution in [0.2, 0.25) is 0 Å². The third-order valence-corrected chi connectivity index (χ3v) is 6.65. The van der Waals surface area contributed by atoms with E-state index in [0.29, 0.717) is 5.69 Å². The van der Waals surface area contributed by atoms with Crippen LogP contribution in [0.1, 0.15) is 29.7 Å². The van der Waals surface area contributed by atoms with E-state index in [0.717, 1.165) is 21.0 Å². The van der Waals surface area contributed by atoms with Crippen molar-refractivity contribution in [2.75, 3.05) is 10.8 Å². The first-order chi connectivity index (χ1) is 14.3. The SMILES string of the molecule is Cc1ccc(S(=O)(=O)N(CC(=O)N[C@@H](C)c2ccccc2)c2cccc(C)c2)cc1. The fourth-order valence-corrected chi connectivity index (χ4v) is 4.59. The molecule has 0 radical (unpaired) electrons. The molecule has 0 saturated carbocycles. The van der Waals surface area contributed by atoms with Crippen LogP contribution in [0, 0.1) is 13.8 Å². The van der Waals surface area contributed by atoms with E-state index in [9.17, 15) is 13.2 Å². The second kappa shape index (κ2) is 9.13. The van der Waals surface area contributed by atoms with Gasteiger partial charge in [0.15, 0.2) is 0 Å². The number of anilines is 1. The summed E-state index contributed by atoms with van der Waals surface area (Å²) in [6.45, 7) is 5.35. The van der Waals surface area contributed by atoms with Gasteiger partial charge in [-0.05, 0) is 56.2 Å². The van der Waals surface area contributed by atoms with Gasteiger partial charge in [0.25, 0.3) is 10.0 Å². The van der Waals surface area contributed by atoms with Gasteiger partial charge < -0.3 is 5.32 Å². The molecule has 0 fully saturated rings. The van der Waals surface area contributed by atoms with Gasteiger partial charge in [0.2, 0.25) is 5.91 Å². The average Bonchev–Trinajstić information content (AvgIpc) is 2.73. The molecule has 1 amide bonds. The Kier molecular flexibility index (Phi) is 6.57. The Morgan fingerprint density at radius 3 is 2.20 bits per heavy atom. The third-order valence-electron chi connectivity index (χ3n) is 4.86. The summed E-state index contributed by atoms with van der Waals surface area (Å²) in [5.41, 5.74) is 3.28. The normalized spacial score (nSPS) is 12.2. The van der Waals surface area contributed by atoms with E-state index in [4.69, 9.17) is 0 Å². The van der Waals surface area contributed by atoms with Crippen LogP contribution in [-0.4, -0.2) is 20.9 Å². The fourth-order valence-electron chi connectivity index (χ4n) is 3.18. The van der Waals surface area contributed by atoms with Crippen molar-refractivity contribution in [2.45, 2.75) is 31.7 Å². The zero-order valence-corrected chi connectivity index (χ0v) is 18.2. The molecule has 0 spiro atoms. The molecule has 1 N–H and O–H groups in total. The molecule has 0 heterocycles. The van der Waals surface area contributed by atoms with Gasteiger partial charge >= 0.3 is 0 Å². The largest absolute Gasteiger partial charge is 0.348 e. The highest BCUT2D eigenvalue weighted by Gasteiger charge is 2.27. The standard InChI is InChI=1S/C24H26N2O3S/c1-18-12-14-23(15-13-18)30(28,29)26(22-11-7-8-19(2)16-22)17-24(27)25-20(3)21-9-5-4-6-10-21/h4-16,20H,17H2,1-3H3,(H,25,27)/t20-/m0/s1. The molecule has 3 rings (SSSR count). The molecule has 0 aliphatic carbocycles. The number of benzene rings is 3. The number of aryl methyl sites for hydroxylation is 2. The van der Waals surface area contributed by atoms with Gasteiger partial charge in [0.1, 0.15) is 6.54 Å². The zero-order valence-electron chi connectivity index (χ0n) is 17.4. The predicted octanol–water partition coefficient (Wildman–Crippen LogP) is 4.38. The summed E-state index contributed by atoms with van der Waals surface area (Å²) < 4.78 is 27.9. The molecule has 0 aliphatic heterocycles. The highest BCUT2D eigenvalue weighted by atomic mass is 32.2. The molecule has 0 aromatic heterocycles. The lowest BCUT2D eigenvalue weighted by atomic mass is 10.1. The predicted molar refractivity (Wildman–Crippen MR) is 120 cm³/mol. The minimum absolute atomic E-state index is 0.151. The highest BCUT2D eigenvalue weighted by Crippen LogP contribution is 2.25. The second-order valence-corrected chi connectivity index (χ2v) is 9.23. The lowest BCUT2D eigenvalue weighted by Gasteiger charge is -2.25. The first-order valence-electron chi connectivity index (χ1n) is 9.78. The molecule has 3 aromatic rings. The molecule has 1 atom stereocenters. The molecule has 3 aromatic carbocycles. The van der Waals surface area contributed by atoms with Crippen LogP contribution in [-0.2, 0) is 14.8 Å². The molecule has 6 heteroatoms. The average molecular weight is 423 g/mol. The number of hydrogen-bond acceptors (Lipinski definition) is 3. The van der Waals surface area contributed by atoms with Crippen LogP contribution in [0.25, 0.3) is 0 Å². The Labute approximate surface area is 178 Å². The Morgan fingerprint density at radius 1 is 0.900 bits per heavy atom. The van der Waals surface area contributed by atoms with Crippen molar-refractivity contribution in [3.05, 3.63) is 95.6 Å². The number of rotatable bonds is 7. The molecule has 156 valence electrons. The topological polar surface area (TPSA) is 66.5 Å². The van der Waals surface area contributed by atoms with Gasteiger partial charge in [-0.15, -0.1) is 0 Å². The van der Waals surface area contributed by atoms with Crippen molar-refractivity contribution >= 4 is 21.6 Å². The summed E-state index contributed by atoms with van der Waals surface area (Å²) in [4.78, 5) is 13.0. The minimum Gasteiger partial charge on any atom is -0.348 e. The van der Waals surface area contributed by atoms with Crippen molar-refractivity contribution in [3.63, 3.8) is 0 Å². The molecular formula is C24H26N2O3S. The monoisotopic (exact) mass is 422 g/mol. The Bertz CT molecular complexity index is 1110. The minimum atomic E-state index is -3.91. The van der Waals surface area contributed by atoms with Crippen molar-refractivity contribution < 1.29 is 13.2 Å². The summed E-state index contributed by atoms with van der Waals surface area (Å²) in [6.07, 6.45) is 0. The van der Waals surface area contributed by atoms with Crippen LogP contribution >= 0.6 is 0 Å². The maximum atomic E-state index is 13.4. The number of nitrogens with one attached hydrogen (secondary N) is 1. The van der Waals surface area contributed by atoms with Crippen LogP contribution in [0.5, 0.6) is 0 Å². The van der Waals surface area contributed by atoms with Crippen molar-refractivity contribution in [3.8, 4) is 0 Å². The summed E-state index contributed by atoms with van der Waals surface area (Å²) in [5, 5.41) is 2.90. The molecular weight excluding hydrogens is 396 g/mol. The summed E-state index contributed by atoms with van der Waals surface area (Å²) in [7, 11) is -3.91. The zero-order chi connectivity index (χ0) is 21.7. The summed E-state index contributed by atoms with van der Waals surface area (Å²) >= 11 is 0. The first kappa shape index (κ1) is 21.6. The van der Waals surface area contributed by atoms with Gasteiger partial charge in [0.05, 0.1) is 16.6 Å². The fraction of sp³-hybridized carbons (Fsp3) is 0.208. The number of carbonyl (C=O) groups is 1. The quantitative estimate of drug-likeness (QED) is 0.615. The van der Waals surface area contributed by atoms with Gasteiger partial charge in [-0.3, -0.25) is 9.10 Å². The molecule has 0 unspecified atom stereocenters. The number of amides is 1. The van der Waals surface area contributed by atoms with Gasteiger partial charge in [0, 0.05) is 0 Å². The summed E-state index contributed by atoms with van der Waals surface area (Å²) in [6, 6.07) is 23.1. The maximum Gasteiger partial charge on any atom is 0.264 e. The number of sulfonamides is 1. The van der Waals surface area contributed by atoms with E-state index in [1.165, 1.54) is 0 Å². The lowest BCUT2D eigenvalue weighted by molar-refractivity contribution is -0.120. The van der Waals surface area contributed by atoms with Crippen LogP contribution in [0.4, 0.5) is 5.69 Å². The Balaban J connectivity index is 1.90. The van der Waals surface area contributed by atoms with E-state index >= 15 is 0 Å². The van der Waals surface area contributed by atoms with Gasteiger partial charge in [-0.25, -0.2) is 8.42 Å². The highest BCUT2D eigenvalue weighted by molar-refractivity contribution is 7.92. The van der Waals surface area contributed by atoms with E-state index in [1.54, 1.807) is 42.5 Å². The second-order valence-electron chi connectivity index (χ2n) is 7.36. The van der Waals surface area contributed by atoms with Crippen LogP contribution < -0.4 is 9.62 Å². The van der Waals surface area contributed by atoms with E-state index in [-0.39, 0.29) is 23.4 Å². The number of hydrogen-bond donors (Lipinski definition) is 1. The van der Waals surface area contributed by atoms with Crippen molar-refractivity contribution in [2.24, 2.45) is 0 Å². The maximum absolute atomic E-state index is 13.4. The third kappa shape index (κ3) is 5.07. The number of nitrogens with zero attached hydrogens (tertiary/aromatic N) is 1. The van der Waals surface area contributed by atoms with Gasteiger partial charge in [-0.1, -0.05) is 60.2 Å². The van der Waals surface area contributed by atoms with E-state index < -0.39 is 10.0 Å². The van der Waals surface area contributed by atoms with E-state index in [2.05, 4.69) is 5.32 Å². The summed E-state index contributed by atoms with van der Waals surface area (Å²) in [5.74, 6) is -0.372. The molecule has 0 aliphatic rings. The molecule has 30 heavy (non-hydrogen) atoms.